The normalized spacial score (nSPS) is 14.7. The summed E-state index contributed by atoms with van der Waals surface area (Å²) < 4.78 is 25.8. The lowest BCUT2D eigenvalue weighted by molar-refractivity contribution is -0.123. The van der Waals surface area contributed by atoms with Crippen LogP contribution in [-0.2, 0) is 22.6 Å². The zero-order valence-corrected chi connectivity index (χ0v) is 23.3. The minimum absolute atomic E-state index is 0.127. The third-order valence-corrected chi connectivity index (χ3v) is 6.98. The number of anilines is 2. The van der Waals surface area contributed by atoms with E-state index in [1.807, 2.05) is 60.7 Å². The first-order valence-corrected chi connectivity index (χ1v) is 13.8. The summed E-state index contributed by atoms with van der Waals surface area (Å²) >= 11 is 0. The van der Waals surface area contributed by atoms with Gasteiger partial charge in [-0.05, 0) is 59.7 Å². The molecule has 0 saturated heterocycles. The molecule has 1 amide bonds. The van der Waals surface area contributed by atoms with E-state index in [2.05, 4.69) is 41.3 Å². The summed E-state index contributed by atoms with van der Waals surface area (Å²) in [4.78, 5) is 20.5. The lowest BCUT2D eigenvalue weighted by atomic mass is 9.87. The Morgan fingerprint density at radius 1 is 1.10 bits per heavy atom. The molecule has 2 atom stereocenters. The fourth-order valence-electron chi connectivity index (χ4n) is 5.13. The van der Waals surface area contributed by atoms with Gasteiger partial charge in [0.25, 0.3) is 6.01 Å². The van der Waals surface area contributed by atoms with Crippen molar-refractivity contribution in [3.05, 3.63) is 89.7 Å². The Kier molecular flexibility index (Phi) is 8.35. The van der Waals surface area contributed by atoms with E-state index >= 15 is 0 Å². The molecule has 0 unspecified atom stereocenters. The van der Waals surface area contributed by atoms with Crippen LogP contribution in [0, 0.1) is 11.2 Å². The number of para-hydroxylation sites is 2. The lowest BCUT2D eigenvalue weighted by Crippen LogP contribution is -2.51. The number of nitrogens with zero attached hydrogens (tertiary/aromatic N) is 2. The largest absolute Gasteiger partial charge is 0.424 e. The second-order valence-electron chi connectivity index (χ2n) is 11.6. The number of rotatable bonds is 11. The highest BCUT2D eigenvalue weighted by atomic mass is 19.1. The number of amides is 1. The second-order valence-corrected chi connectivity index (χ2v) is 11.6. The standard InChI is InChI=1S/C32H37FN4O3/c1-32(2,3)18-27(36-31-35-26-11-7-8-12-29(26)40-31)30(38)34-25(21-39-20-22-9-5-4-6-10-22)19-37-16-15-23-17-24(33)13-14-28(23)37/h4-14,17,25,27H,15-16,18-21H2,1-3H3,(H,34,38)(H,35,36)/t25-,27+/m1/s1. The third kappa shape index (κ3) is 7.18. The number of benzene rings is 3. The maximum atomic E-state index is 13.8. The molecular weight excluding hydrogens is 507 g/mol. The molecule has 3 aromatic carbocycles. The smallest absolute Gasteiger partial charge is 0.296 e. The van der Waals surface area contributed by atoms with E-state index in [1.165, 1.54) is 6.07 Å². The fourth-order valence-corrected chi connectivity index (χ4v) is 5.13. The van der Waals surface area contributed by atoms with Crippen LogP contribution in [0.3, 0.4) is 0 Å². The Labute approximate surface area is 234 Å². The number of carbonyl (C=O) groups excluding carboxylic acids is 1. The zero-order chi connectivity index (χ0) is 28.1. The molecule has 0 fully saturated rings. The van der Waals surface area contributed by atoms with Gasteiger partial charge in [0.1, 0.15) is 17.4 Å². The van der Waals surface area contributed by atoms with E-state index in [0.717, 1.165) is 35.3 Å². The first-order chi connectivity index (χ1) is 19.2. The minimum Gasteiger partial charge on any atom is -0.424 e. The summed E-state index contributed by atoms with van der Waals surface area (Å²) in [5.74, 6) is -0.379. The van der Waals surface area contributed by atoms with Gasteiger partial charge in [0.15, 0.2) is 5.58 Å². The van der Waals surface area contributed by atoms with Gasteiger partial charge in [0, 0.05) is 18.8 Å². The molecule has 0 spiro atoms. The molecule has 2 N–H and O–H groups in total. The third-order valence-electron chi connectivity index (χ3n) is 6.98. The van der Waals surface area contributed by atoms with Crippen LogP contribution in [0.4, 0.5) is 16.1 Å². The van der Waals surface area contributed by atoms with Gasteiger partial charge < -0.3 is 24.7 Å². The zero-order valence-electron chi connectivity index (χ0n) is 23.3. The van der Waals surface area contributed by atoms with Crippen LogP contribution in [0.25, 0.3) is 11.1 Å². The van der Waals surface area contributed by atoms with Crippen molar-refractivity contribution in [2.75, 3.05) is 29.9 Å². The highest BCUT2D eigenvalue weighted by Gasteiger charge is 2.30. The number of aromatic nitrogens is 1. The quantitative estimate of drug-likeness (QED) is 0.243. The van der Waals surface area contributed by atoms with Gasteiger partial charge in [-0.3, -0.25) is 4.79 Å². The summed E-state index contributed by atoms with van der Waals surface area (Å²) in [6, 6.07) is 21.8. The van der Waals surface area contributed by atoms with Crippen LogP contribution >= 0.6 is 0 Å². The van der Waals surface area contributed by atoms with Crippen molar-refractivity contribution in [1.82, 2.24) is 10.3 Å². The molecule has 0 aliphatic carbocycles. The van der Waals surface area contributed by atoms with Gasteiger partial charge in [-0.15, -0.1) is 0 Å². The second kappa shape index (κ2) is 12.1. The molecule has 1 aliphatic heterocycles. The molecule has 1 aromatic heterocycles. The maximum Gasteiger partial charge on any atom is 0.296 e. The Morgan fingerprint density at radius 2 is 1.88 bits per heavy atom. The Hall–Kier alpha value is -3.91. The van der Waals surface area contributed by atoms with Crippen LogP contribution in [-0.4, -0.2) is 42.7 Å². The van der Waals surface area contributed by atoms with Gasteiger partial charge in [-0.25, -0.2) is 4.39 Å². The van der Waals surface area contributed by atoms with Gasteiger partial charge in [0.05, 0.1) is 19.3 Å². The van der Waals surface area contributed by atoms with Crippen LogP contribution in [0.2, 0.25) is 0 Å². The number of ether oxygens (including phenoxy) is 1. The van der Waals surface area contributed by atoms with E-state index in [-0.39, 0.29) is 23.2 Å². The number of carbonyl (C=O) groups is 1. The number of hydrogen-bond donors (Lipinski definition) is 2. The monoisotopic (exact) mass is 544 g/mol. The van der Waals surface area contributed by atoms with E-state index in [0.29, 0.717) is 37.8 Å². The predicted octanol–water partition coefficient (Wildman–Crippen LogP) is 5.95. The molecule has 8 heteroatoms. The number of oxazole rings is 1. The molecule has 2 heterocycles. The van der Waals surface area contributed by atoms with Crippen molar-refractivity contribution in [1.29, 1.82) is 0 Å². The summed E-state index contributed by atoms with van der Waals surface area (Å²) in [6.45, 7) is 8.38. The summed E-state index contributed by atoms with van der Waals surface area (Å²) in [7, 11) is 0. The Balaban J connectivity index is 1.32. The average Bonchev–Trinajstić information content (AvgIpc) is 3.51. The summed E-state index contributed by atoms with van der Waals surface area (Å²) in [5, 5.41) is 6.48. The van der Waals surface area contributed by atoms with E-state index in [1.54, 1.807) is 6.07 Å². The number of fused-ring (bicyclic) bond motifs is 2. The van der Waals surface area contributed by atoms with Crippen molar-refractivity contribution in [3.8, 4) is 0 Å². The first-order valence-electron chi connectivity index (χ1n) is 13.8. The predicted molar refractivity (Wildman–Crippen MR) is 156 cm³/mol. The lowest BCUT2D eigenvalue weighted by Gasteiger charge is -2.30. The first kappa shape index (κ1) is 27.6. The molecule has 7 nitrogen and oxygen atoms in total. The molecule has 0 saturated carbocycles. The van der Waals surface area contributed by atoms with Crippen molar-refractivity contribution < 1.29 is 18.3 Å². The van der Waals surface area contributed by atoms with Crippen molar-refractivity contribution in [2.45, 2.75) is 52.3 Å². The van der Waals surface area contributed by atoms with Gasteiger partial charge in [-0.1, -0.05) is 63.2 Å². The maximum absolute atomic E-state index is 13.8. The van der Waals surface area contributed by atoms with Gasteiger partial charge in [0.2, 0.25) is 5.91 Å². The SMILES string of the molecule is CC(C)(C)C[C@H](Nc1nc2ccccc2o1)C(=O)N[C@@H](COCc1ccccc1)CN1CCc2cc(F)ccc21. The molecule has 210 valence electrons. The van der Waals surface area contributed by atoms with E-state index in [9.17, 15) is 9.18 Å². The highest BCUT2D eigenvalue weighted by Crippen LogP contribution is 2.29. The Morgan fingerprint density at radius 3 is 2.65 bits per heavy atom. The minimum atomic E-state index is -0.565. The molecular formula is C32H37FN4O3. The average molecular weight is 545 g/mol. The molecule has 0 bridgehead atoms. The molecule has 40 heavy (non-hydrogen) atoms. The van der Waals surface area contributed by atoms with E-state index in [4.69, 9.17) is 9.15 Å². The van der Waals surface area contributed by atoms with Crippen LogP contribution in [0.1, 0.15) is 38.3 Å². The molecule has 4 aromatic rings. The fraction of sp³-hybridized carbons (Fsp3) is 0.375. The molecule has 1 aliphatic rings. The topological polar surface area (TPSA) is 79.6 Å². The van der Waals surface area contributed by atoms with Crippen LogP contribution in [0.5, 0.6) is 0 Å². The Bertz CT molecular complexity index is 1400. The molecule has 5 rings (SSSR count). The van der Waals surface area contributed by atoms with Crippen LogP contribution < -0.4 is 15.5 Å². The van der Waals surface area contributed by atoms with Gasteiger partial charge in [-0.2, -0.15) is 4.98 Å². The van der Waals surface area contributed by atoms with Crippen molar-refractivity contribution >= 4 is 28.7 Å². The highest BCUT2D eigenvalue weighted by molar-refractivity contribution is 5.85. The van der Waals surface area contributed by atoms with E-state index < -0.39 is 6.04 Å². The number of nitrogens with one attached hydrogen (secondary N) is 2. The molecule has 0 radical (unpaired) electrons. The summed E-state index contributed by atoms with van der Waals surface area (Å²) in [5.41, 5.74) is 4.32. The van der Waals surface area contributed by atoms with Crippen molar-refractivity contribution in [2.24, 2.45) is 5.41 Å². The van der Waals surface area contributed by atoms with Crippen molar-refractivity contribution in [3.63, 3.8) is 0 Å². The van der Waals surface area contributed by atoms with Crippen LogP contribution in [0.15, 0.2) is 77.2 Å². The van der Waals surface area contributed by atoms with Gasteiger partial charge >= 0.3 is 0 Å². The number of hydrogen-bond acceptors (Lipinski definition) is 6. The number of halogens is 1. The summed E-state index contributed by atoms with van der Waals surface area (Å²) in [6.07, 6.45) is 1.34.